The molecular formula is C17H26IN3O3. The maximum absolute atomic E-state index is 5.31. The molecule has 134 valence electrons. The van der Waals surface area contributed by atoms with Gasteiger partial charge in [0.15, 0.2) is 17.5 Å². The van der Waals surface area contributed by atoms with Gasteiger partial charge in [-0.1, -0.05) is 11.6 Å². The van der Waals surface area contributed by atoms with E-state index in [2.05, 4.69) is 21.7 Å². The van der Waals surface area contributed by atoms with Gasteiger partial charge in [-0.3, -0.25) is 4.99 Å². The zero-order valence-corrected chi connectivity index (χ0v) is 16.8. The number of nitrogens with zero attached hydrogens (tertiary/aromatic N) is 1. The summed E-state index contributed by atoms with van der Waals surface area (Å²) in [5.41, 5.74) is 2.33. The first-order valence-corrected chi connectivity index (χ1v) is 7.72. The molecule has 0 atom stereocenters. The summed E-state index contributed by atoms with van der Waals surface area (Å²) in [6.07, 6.45) is 4.18. The van der Waals surface area contributed by atoms with Gasteiger partial charge in [-0.2, -0.15) is 0 Å². The molecule has 0 saturated heterocycles. The lowest BCUT2D eigenvalue weighted by molar-refractivity contribution is 0.153. The van der Waals surface area contributed by atoms with E-state index in [4.69, 9.17) is 14.2 Å². The van der Waals surface area contributed by atoms with E-state index in [0.717, 1.165) is 44.2 Å². The predicted molar refractivity (Wildman–Crippen MR) is 108 cm³/mol. The molecule has 6 nitrogen and oxygen atoms in total. The van der Waals surface area contributed by atoms with Crippen LogP contribution in [0.5, 0.6) is 11.5 Å². The zero-order valence-electron chi connectivity index (χ0n) is 14.4. The van der Waals surface area contributed by atoms with E-state index >= 15 is 0 Å². The van der Waals surface area contributed by atoms with Crippen molar-refractivity contribution in [3.05, 3.63) is 29.8 Å². The molecule has 1 aliphatic rings. The van der Waals surface area contributed by atoms with Crippen molar-refractivity contribution in [3.63, 3.8) is 0 Å². The number of halogens is 1. The van der Waals surface area contributed by atoms with Crippen LogP contribution in [0.15, 0.2) is 34.8 Å². The molecule has 1 aliphatic heterocycles. The molecule has 0 amide bonds. The SMILES string of the molecule is CN=C(NCCC1=CCOCC1)Nc1ccc(OC)c(OC)c1.I. The van der Waals surface area contributed by atoms with E-state index in [0.29, 0.717) is 11.5 Å². The second-order valence-electron chi connectivity index (χ2n) is 5.13. The van der Waals surface area contributed by atoms with Crippen molar-refractivity contribution in [3.8, 4) is 11.5 Å². The van der Waals surface area contributed by atoms with Crippen LogP contribution in [0, 0.1) is 0 Å². The van der Waals surface area contributed by atoms with Crippen LogP contribution < -0.4 is 20.1 Å². The Morgan fingerprint density at radius 1 is 1.25 bits per heavy atom. The van der Waals surface area contributed by atoms with Crippen LogP contribution in [0.2, 0.25) is 0 Å². The fraction of sp³-hybridized carbons (Fsp3) is 0.471. The van der Waals surface area contributed by atoms with Crippen LogP contribution in [0.25, 0.3) is 0 Å². The molecule has 2 rings (SSSR count). The highest BCUT2D eigenvalue weighted by Crippen LogP contribution is 2.29. The molecule has 1 aromatic rings. The Morgan fingerprint density at radius 2 is 2.04 bits per heavy atom. The molecule has 0 bridgehead atoms. The van der Waals surface area contributed by atoms with E-state index in [1.807, 2.05) is 18.2 Å². The van der Waals surface area contributed by atoms with Gasteiger partial charge in [0.1, 0.15) is 0 Å². The van der Waals surface area contributed by atoms with Gasteiger partial charge >= 0.3 is 0 Å². The second kappa shape index (κ2) is 11.1. The lowest BCUT2D eigenvalue weighted by Gasteiger charge is -2.16. The number of benzene rings is 1. The number of hydrogen-bond donors (Lipinski definition) is 2. The van der Waals surface area contributed by atoms with Crippen LogP contribution in [0.4, 0.5) is 5.69 Å². The Balaban J connectivity index is 0.00000288. The van der Waals surface area contributed by atoms with E-state index in [1.165, 1.54) is 5.57 Å². The fourth-order valence-corrected chi connectivity index (χ4v) is 2.36. The second-order valence-corrected chi connectivity index (χ2v) is 5.13. The van der Waals surface area contributed by atoms with Gasteiger partial charge < -0.3 is 24.8 Å². The average Bonchev–Trinajstić information content (AvgIpc) is 2.61. The maximum atomic E-state index is 5.31. The van der Waals surface area contributed by atoms with Crippen molar-refractivity contribution in [2.24, 2.45) is 4.99 Å². The fourth-order valence-electron chi connectivity index (χ4n) is 2.36. The van der Waals surface area contributed by atoms with Crippen molar-refractivity contribution in [2.75, 3.05) is 46.3 Å². The minimum Gasteiger partial charge on any atom is -0.493 e. The Kier molecular flexibility index (Phi) is 9.55. The summed E-state index contributed by atoms with van der Waals surface area (Å²) in [5, 5.41) is 6.57. The quantitative estimate of drug-likeness (QED) is 0.304. The van der Waals surface area contributed by atoms with Crippen molar-refractivity contribution < 1.29 is 14.2 Å². The number of ether oxygens (including phenoxy) is 3. The Labute approximate surface area is 160 Å². The Hall–Kier alpha value is -1.48. The van der Waals surface area contributed by atoms with Gasteiger partial charge in [0.25, 0.3) is 0 Å². The molecule has 1 aromatic carbocycles. The molecule has 7 heteroatoms. The van der Waals surface area contributed by atoms with Gasteiger partial charge in [0, 0.05) is 25.3 Å². The molecule has 0 spiro atoms. The van der Waals surface area contributed by atoms with Crippen LogP contribution in [0.3, 0.4) is 0 Å². The summed E-state index contributed by atoms with van der Waals surface area (Å²) in [6, 6.07) is 5.67. The third-order valence-corrected chi connectivity index (χ3v) is 3.67. The van der Waals surface area contributed by atoms with Crippen LogP contribution in [-0.4, -0.2) is 47.0 Å². The van der Waals surface area contributed by atoms with Crippen molar-refractivity contribution in [1.29, 1.82) is 0 Å². The molecule has 0 radical (unpaired) electrons. The summed E-state index contributed by atoms with van der Waals surface area (Å²) in [7, 11) is 5.00. The molecule has 24 heavy (non-hydrogen) atoms. The largest absolute Gasteiger partial charge is 0.493 e. The monoisotopic (exact) mass is 447 g/mol. The third kappa shape index (κ3) is 6.20. The number of guanidine groups is 1. The third-order valence-electron chi connectivity index (χ3n) is 3.67. The van der Waals surface area contributed by atoms with Crippen molar-refractivity contribution in [1.82, 2.24) is 5.32 Å². The molecule has 0 aromatic heterocycles. The topological polar surface area (TPSA) is 64.1 Å². The lowest BCUT2D eigenvalue weighted by atomic mass is 10.1. The van der Waals surface area contributed by atoms with E-state index in [9.17, 15) is 0 Å². The minimum atomic E-state index is 0. The van der Waals surface area contributed by atoms with E-state index < -0.39 is 0 Å². The average molecular weight is 447 g/mol. The Bertz CT molecular complexity index is 576. The molecule has 0 fully saturated rings. The highest BCUT2D eigenvalue weighted by atomic mass is 127. The normalized spacial score (nSPS) is 14.3. The summed E-state index contributed by atoms with van der Waals surface area (Å²) in [6.45, 7) is 2.39. The van der Waals surface area contributed by atoms with Gasteiger partial charge in [-0.05, 0) is 25.0 Å². The van der Waals surface area contributed by atoms with Gasteiger partial charge in [-0.25, -0.2) is 0 Å². The molecular weight excluding hydrogens is 421 g/mol. The zero-order chi connectivity index (χ0) is 16.5. The predicted octanol–water partition coefficient (Wildman–Crippen LogP) is 3.05. The molecule has 0 unspecified atom stereocenters. The number of methoxy groups -OCH3 is 2. The van der Waals surface area contributed by atoms with Crippen LogP contribution >= 0.6 is 24.0 Å². The van der Waals surface area contributed by atoms with Crippen molar-refractivity contribution >= 4 is 35.6 Å². The standard InChI is InChI=1S/C17H25N3O3.HI/c1-18-17(19-9-6-13-7-10-23-11-8-13)20-14-4-5-15(21-2)16(12-14)22-3;/h4-5,7,12H,6,8-11H2,1-3H3,(H2,18,19,20);1H. The number of rotatable bonds is 6. The number of nitrogens with one attached hydrogen (secondary N) is 2. The highest BCUT2D eigenvalue weighted by Gasteiger charge is 2.07. The molecule has 0 aliphatic carbocycles. The van der Waals surface area contributed by atoms with Crippen molar-refractivity contribution in [2.45, 2.75) is 12.8 Å². The highest BCUT2D eigenvalue weighted by molar-refractivity contribution is 14.0. The first kappa shape index (κ1) is 20.6. The molecule has 2 N–H and O–H groups in total. The number of anilines is 1. The van der Waals surface area contributed by atoms with Gasteiger partial charge in [0.05, 0.1) is 27.4 Å². The first-order chi connectivity index (χ1) is 11.3. The summed E-state index contributed by atoms with van der Waals surface area (Å²) >= 11 is 0. The Morgan fingerprint density at radius 3 is 2.67 bits per heavy atom. The van der Waals surface area contributed by atoms with Gasteiger partial charge in [-0.15, -0.1) is 24.0 Å². The summed E-state index contributed by atoms with van der Waals surface area (Å²) < 4.78 is 15.9. The smallest absolute Gasteiger partial charge is 0.195 e. The number of aliphatic imine (C=N–C) groups is 1. The van der Waals surface area contributed by atoms with Crippen LogP contribution in [0.1, 0.15) is 12.8 Å². The maximum Gasteiger partial charge on any atom is 0.195 e. The van der Waals surface area contributed by atoms with Gasteiger partial charge in [0.2, 0.25) is 0 Å². The molecule has 0 saturated carbocycles. The number of hydrogen-bond acceptors (Lipinski definition) is 4. The summed E-state index contributed by atoms with van der Waals surface area (Å²) in [5.74, 6) is 2.11. The minimum absolute atomic E-state index is 0. The first-order valence-electron chi connectivity index (χ1n) is 7.72. The molecule has 1 heterocycles. The lowest BCUT2D eigenvalue weighted by Crippen LogP contribution is -2.31. The van der Waals surface area contributed by atoms with Crippen LogP contribution in [-0.2, 0) is 4.74 Å². The van der Waals surface area contributed by atoms with E-state index in [-0.39, 0.29) is 24.0 Å². The van der Waals surface area contributed by atoms with E-state index in [1.54, 1.807) is 21.3 Å². The summed E-state index contributed by atoms with van der Waals surface area (Å²) in [4.78, 5) is 4.24.